The average molecular weight is 310 g/mol. The number of carbonyl (C=O) groups excluding carboxylic acids is 1. The Morgan fingerprint density at radius 2 is 2.00 bits per heavy atom. The van der Waals surface area contributed by atoms with Crippen LogP contribution in [-0.4, -0.2) is 27.4 Å². The van der Waals surface area contributed by atoms with Gasteiger partial charge in [-0.15, -0.1) is 0 Å². The van der Waals surface area contributed by atoms with Crippen LogP contribution < -0.4 is 5.32 Å². The predicted molar refractivity (Wildman–Crippen MR) is 88.6 cm³/mol. The fraction of sp³-hybridized carbons (Fsp3) is 0.389. The van der Waals surface area contributed by atoms with Crippen LogP contribution in [0.2, 0.25) is 0 Å². The van der Waals surface area contributed by atoms with E-state index in [1.54, 1.807) is 24.8 Å². The monoisotopic (exact) mass is 310 g/mol. The Kier molecular flexibility index (Phi) is 5.19. The molecule has 1 atom stereocenters. The lowest BCUT2D eigenvalue weighted by molar-refractivity contribution is 0.175. The van der Waals surface area contributed by atoms with E-state index in [0.717, 1.165) is 31.4 Å². The van der Waals surface area contributed by atoms with Gasteiger partial charge in [-0.3, -0.25) is 9.97 Å². The molecule has 5 nitrogen and oxygen atoms in total. The SMILES string of the molecule is O=C(NCc1cccnc1)N1CCCCCC1c1ccncc1. The van der Waals surface area contributed by atoms with Gasteiger partial charge in [0.25, 0.3) is 0 Å². The topological polar surface area (TPSA) is 58.1 Å². The standard InChI is InChI=1S/C18H22N4O/c23-18(21-14-15-5-4-9-20-13-15)22-12-3-1-2-6-17(22)16-7-10-19-11-8-16/h4-5,7-11,13,17H,1-3,6,12,14H2,(H,21,23). The quantitative estimate of drug-likeness (QED) is 0.946. The number of nitrogens with one attached hydrogen (secondary N) is 1. The second-order valence-corrected chi connectivity index (χ2v) is 5.86. The van der Waals surface area contributed by atoms with Crippen molar-refractivity contribution in [2.24, 2.45) is 0 Å². The van der Waals surface area contributed by atoms with Crippen molar-refractivity contribution in [3.8, 4) is 0 Å². The molecule has 0 spiro atoms. The number of amides is 2. The molecule has 1 aliphatic rings. The van der Waals surface area contributed by atoms with Crippen LogP contribution >= 0.6 is 0 Å². The zero-order chi connectivity index (χ0) is 15.9. The smallest absolute Gasteiger partial charge is 0.318 e. The molecule has 5 heteroatoms. The van der Waals surface area contributed by atoms with E-state index in [-0.39, 0.29) is 12.1 Å². The predicted octanol–water partition coefficient (Wildman–Crippen LogP) is 3.30. The number of rotatable bonds is 3. The van der Waals surface area contributed by atoms with Gasteiger partial charge in [0.15, 0.2) is 0 Å². The number of nitrogens with zero attached hydrogens (tertiary/aromatic N) is 3. The van der Waals surface area contributed by atoms with E-state index in [0.29, 0.717) is 6.54 Å². The number of likely N-dealkylation sites (tertiary alicyclic amines) is 1. The van der Waals surface area contributed by atoms with Crippen molar-refractivity contribution < 1.29 is 4.79 Å². The van der Waals surface area contributed by atoms with E-state index in [1.807, 2.05) is 29.2 Å². The van der Waals surface area contributed by atoms with Gasteiger partial charge in [0.05, 0.1) is 6.04 Å². The molecular weight excluding hydrogens is 288 g/mol. The first-order chi connectivity index (χ1) is 11.3. The fourth-order valence-corrected chi connectivity index (χ4v) is 3.07. The molecule has 0 aliphatic carbocycles. The summed E-state index contributed by atoms with van der Waals surface area (Å²) in [6.07, 6.45) is 11.5. The van der Waals surface area contributed by atoms with Gasteiger partial charge in [0, 0.05) is 37.9 Å². The lowest BCUT2D eigenvalue weighted by Crippen LogP contribution is -2.41. The lowest BCUT2D eigenvalue weighted by atomic mass is 10.0. The van der Waals surface area contributed by atoms with Gasteiger partial charge < -0.3 is 10.2 Å². The molecule has 3 rings (SSSR count). The van der Waals surface area contributed by atoms with Crippen molar-refractivity contribution in [2.75, 3.05) is 6.54 Å². The Balaban J connectivity index is 1.70. The number of hydrogen-bond donors (Lipinski definition) is 1. The normalized spacial score (nSPS) is 18.3. The van der Waals surface area contributed by atoms with Crippen LogP contribution in [0.4, 0.5) is 4.79 Å². The molecule has 3 heterocycles. The van der Waals surface area contributed by atoms with E-state index in [1.165, 1.54) is 12.0 Å². The van der Waals surface area contributed by atoms with E-state index in [4.69, 9.17) is 0 Å². The summed E-state index contributed by atoms with van der Waals surface area (Å²) in [5.41, 5.74) is 2.18. The molecule has 2 aromatic heterocycles. The average Bonchev–Trinajstić information content (AvgIpc) is 2.87. The minimum absolute atomic E-state index is 0.00225. The zero-order valence-corrected chi connectivity index (χ0v) is 13.2. The molecule has 0 radical (unpaired) electrons. The molecule has 0 aromatic carbocycles. The number of hydrogen-bond acceptors (Lipinski definition) is 3. The minimum atomic E-state index is -0.00225. The van der Waals surface area contributed by atoms with Crippen molar-refractivity contribution in [1.82, 2.24) is 20.2 Å². The van der Waals surface area contributed by atoms with Gasteiger partial charge in [-0.25, -0.2) is 4.79 Å². The summed E-state index contributed by atoms with van der Waals surface area (Å²) in [4.78, 5) is 22.8. The lowest BCUT2D eigenvalue weighted by Gasteiger charge is -2.30. The highest BCUT2D eigenvalue weighted by Gasteiger charge is 2.26. The molecule has 0 saturated carbocycles. The van der Waals surface area contributed by atoms with Crippen LogP contribution in [0.5, 0.6) is 0 Å². The van der Waals surface area contributed by atoms with E-state index >= 15 is 0 Å². The number of carbonyl (C=O) groups is 1. The zero-order valence-electron chi connectivity index (χ0n) is 13.2. The van der Waals surface area contributed by atoms with Crippen molar-refractivity contribution in [3.63, 3.8) is 0 Å². The van der Waals surface area contributed by atoms with Gasteiger partial charge in [-0.05, 0) is 42.2 Å². The summed E-state index contributed by atoms with van der Waals surface area (Å²) < 4.78 is 0. The molecule has 1 fully saturated rings. The molecule has 1 N–H and O–H groups in total. The first-order valence-electron chi connectivity index (χ1n) is 8.18. The third kappa shape index (κ3) is 4.06. The largest absolute Gasteiger partial charge is 0.334 e. The first-order valence-corrected chi connectivity index (χ1v) is 8.18. The van der Waals surface area contributed by atoms with Crippen LogP contribution in [0, 0.1) is 0 Å². The summed E-state index contributed by atoms with van der Waals surface area (Å²) in [5, 5.41) is 3.03. The van der Waals surface area contributed by atoms with Crippen LogP contribution in [0.1, 0.15) is 42.9 Å². The van der Waals surface area contributed by atoms with Crippen molar-refractivity contribution in [2.45, 2.75) is 38.3 Å². The first kappa shape index (κ1) is 15.5. The van der Waals surface area contributed by atoms with E-state index in [2.05, 4.69) is 15.3 Å². The van der Waals surface area contributed by atoms with Gasteiger partial charge in [-0.1, -0.05) is 18.9 Å². The third-order valence-electron chi connectivity index (χ3n) is 4.27. The minimum Gasteiger partial charge on any atom is -0.334 e. The Hall–Kier alpha value is -2.43. The highest BCUT2D eigenvalue weighted by Crippen LogP contribution is 2.29. The summed E-state index contributed by atoms with van der Waals surface area (Å²) in [7, 11) is 0. The molecule has 23 heavy (non-hydrogen) atoms. The van der Waals surface area contributed by atoms with Gasteiger partial charge in [0.1, 0.15) is 0 Å². The Labute approximate surface area is 136 Å². The molecule has 0 bridgehead atoms. The second kappa shape index (κ2) is 7.72. The van der Waals surface area contributed by atoms with Crippen LogP contribution in [0.3, 0.4) is 0 Å². The maximum absolute atomic E-state index is 12.7. The van der Waals surface area contributed by atoms with Gasteiger partial charge >= 0.3 is 6.03 Å². The second-order valence-electron chi connectivity index (χ2n) is 5.86. The van der Waals surface area contributed by atoms with Crippen LogP contribution in [0.25, 0.3) is 0 Å². The summed E-state index contributed by atoms with van der Waals surface area (Å²) in [5.74, 6) is 0. The summed E-state index contributed by atoms with van der Waals surface area (Å²) in [6.45, 7) is 1.30. The van der Waals surface area contributed by atoms with Crippen LogP contribution in [-0.2, 0) is 6.54 Å². The molecule has 2 aromatic rings. The van der Waals surface area contributed by atoms with Crippen molar-refractivity contribution in [3.05, 3.63) is 60.2 Å². The molecule has 1 aliphatic heterocycles. The van der Waals surface area contributed by atoms with Gasteiger partial charge in [-0.2, -0.15) is 0 Å². The molecule has 2 amide bonds. The summed E-state index contributed by atoms with van der Waals surface area (Å²) >= 11 is 0. The molecule has 1 unspecified atom stereocenters. The molecule has 120 valence electrons. The maximum atomic E-state index is 12.7. The van der Waals surface area contributed by atoms with Crippen LogP contribution in [0.15, 0.2) is 49.1 Å². The number of urea groups is 1. The van der Waals surface area contributed by atoms with E-state index in [9.17, 15) is 4.79 Å². The van der Waals surface area contributed by atoms with Gasteiger partial charge in [0.2, 0.25) is 0 Å². The highest BCUT2D eigenvalue weighted by molar-refractivity contribution is 5.74. The molecular formula is C18H22N4O. The molecule has 1 saturated heterocycles. The Morgan fingerprint density at radius 1 is 1.13 bits per heavy atom. The third-order valence-corrected chi connectivity index (χ3v) is 4.27. The van der Waals surface area contributed by atoms with Crippen molar-refractivity contribution >= 4 is 6.03 Å². The number of aromatic nitrogens is 2. The van der Waals surface area contributed by atoms with E-state index < -0.39 is 0 Å². The van der Waals surface area contributed by atoms with Crippen molar-refractivity contribution in [1.29, 1.82) is 0 Å². The maximum Gasteiger partial charge on any atom is 0.318 e. The summed E-state index contributed by atoms with van der Waals surface area (Å²) in [6, 6.07) is 8.00. The fourth-order valence-electron chi connectivity index (χ4n) is 3.07. The Morgan fingerprint density at radius 3 is 2.78 bits per heavy atom. The highest BCUT2D eigenvalue weighted by atomic mass is 16.2. The Bertz CT molecular complexity index is 617. The number of pyridine rings is 2.